The van der Waals surface area contributed by atoms with E-state index in [0.29, 0.717) is 12.1 Å². The van der Waals surface area contributed by atoms with Crippen molar-refractivity contribution in [3.05, 3.63) is 35.4 Å². The van der Waals surface area contributed by atoms with E-state index in [1.165, 1.54) is 0 Å². The normalized spacial score (nSPS) is 13.9. The predicted molar refractivity (Wildman–Crippen MR) is 48.8 cm³/mol. The van der Waals surface area contributed by atoms with E-state index < -0.39 is 23.7 Å². The summed E-state index contributed by atoms with van der Waals surface area (Å²) in [4.78, 5) is 0. The van der Waals surface area contributed by atoms with Gasteiger partial charge < -0.3 is 5.73 Å². The predicted octanol–water partition coefficient (Wildman–Crippen LogP) is 2.96. The molecule has 6 heteroatoms. The first-order valence-corrected chi connectivity index (χ1v) is 4.58. The maximum absolute atomic E-state index is 12.8. The lowest BCUT2D eigenvalue weighted by atomic mass is 9.95. The molecule has 0 saturated carbocycles. The third kappa shape index (κ3) is 2.91. The molecular weight excluding hydrogens is 229 g/mol. The van der Waals surface area contributed by atoms with Gasteiger partial charge in [0.2, 0.25) is 0 Å². The fourth-order valence-electron chi connectivity index (χ4n) is 1.42. The van der Waals surface area contributed by atoms with Gasteiger partial charge in [0, 0.05) is 0 Å². The Hall–Kier alpha value is -1.17. The van der Waals surface area contributed by atoms with Gasteiger partial charge in [-0.15, -0.1) is 0 Å². The van der Waals surface area contributed by atoms with Crippen molar-refractivity contribution in [3.63, 3.8) is 0 Å². The number of benzene rings is 1. The van der Waals surface area contributed by atoms with Gasteiger partial charge in [-0.2, -0.15) is 13.2 Å². The zero-order valence-corrected chi connectivity index (χ0v) is 8.19. The molecule has 2 N–H and O–H groups in total. The van der Waals surface area contributed by atoms with Crippen LogP contribution in [0, 0.1) is 11.6 Å². The van der Waals surface area contributed by atoms with Crippen LogP contribution in [0.2, 0.25) is 0 Å². The molecule has 1 atom stereocenters. The minimum atomic E-state index is -4.51. The molecule has 16 heavy (non-hydrogen) atoms. The molecule has 0 aliphatic rings. The summed E-state index contributed by atoms with van der Waals surface area (Å²) < 4.78 is 63.0. The van der Waals surface area contributed by atoms with Gasteiger partial charge in [-0.05, 0) is 30.7 Å². The minimum absolute atomic E-state index is 0.177. The van der Waals surface area contributed by atoms with E-state index in [2.05, 4.69) is 0 Å². The highest BCUT2D eigenvalue weighted by Crippen LogP contribution is 2.37. The molecule has 90 valence electrons. The maximum Gasteiger partial charge on any atom is 0.395 e. The van der Waals surface area contributed by atoms with E-state index in [1.54, 1.807) is 0 Å². The van der Waals surface area contributed by atoms with Crippen LogP contribution in [0.25, 0.3) is 0 Å². The second kappa shape index (κ2) is 4.78. The van der Waals surface area contributed by atoms with Crippen molar-refractivity contribution in [3.8, 4) is 0 Å². The molecule has 0 aliphatic carbocycles. The monoisotopic (exact) mass is 239 g/mol. The standard InChI is InChI=1S/C10H10F5N/c11-8-2-1-6(5-9(8)12)7(3-4-16)10(13,14)15/h1-2,5,7H,3-4,16H2. The van der Waals surface area contributed by atoms with Gasteiger partial charge >= 0.3 is 6.18 Å². The second-order valence-corrected chi connectivity index (χ2v) is 3.35. The van der Waals surface area contributed by atoms with Crippen molar-refractivity contribution in [1.29, 1.82) is 0 Å². The van der Waals surface area contributed by atoms with E-state index >= 15 is 0 Å². The van der Waals surface area contributed by atoms with Crippen molar-refractivity contribution < 1.29 is 22.0 Å². The smallest absolute Gasteiger partial charge is 0.330 e. The SMILES string of the molecule is NCCC(c1ccc(F)c(F)c1)C(F)(F)F. The van der Waals surface area contributed by atoms with Crippen molar-refractivity contribution >= 4 is 0 Å². The summed E-state index contributed by atoms with van der Waals surface area (Å²) in [5, 5.41) is 0. The molecule has 0 amide bonds. The Morgan fingerprint density at radius 1 is 1.12 bits per heavy atom. The summed E-state index contributed by atoms with van der Waals surface area (Å²) in [6, 6.07) is 2.16. The van der Waals surface area contributed by atoms with Crippen molar-refractivity contribution in [1.82, 2.24) is 0 Å². The molecule has 0 spiro atoms. The third-order valence-electron chi connectivity index (χ3n) is 2.20. The molecule has 1 aromatic rings. The minimum Gasteiger partial charge on any atom is -0.330 e. The first kappa shape index (κ1) is 12.9. The number of rotatable bonds is 3. The van der Waals surface area contributed by atoms with Crippen LogP contribution in [0.15, 0.2) is 18.2 Å². The summed E-state index contributed by atoms with van der Waals surface area (Å²) in [6.07, 6.45) is -4.86. The lowest BCUT2D eigenvalue weighted by Crippen LogP contribution is -2.23. The highest BCUT2D eigenvalue weighted by Gasteiger charge is 2.40. The van der Waals surface area contributed by atoms with Gasteiger partial charge in [-0.3, -0.25) is 0 Å². The number of halogens is 5. The quantitative estimate of drug-likeness (QED) is 0.806. The van der Waals surface area contributed by atoms with Gasteiger partial charge in [0.15, 0.2) is 11.6 Å². The molecule has 0 saturated heterocycles. The fourth-order valence-corrected chi connectivity index (χ4v) is 1.42. The Kier molecular flexibility index (Phi) is 3.85. The van der Waals surface area contributed by atoms with E-state index in [-0.39, 0.29) is 18.5 Å². The average molecular weight is 239 g/mol. The number of hydrogen-bond acceptors (Lipinski definition) is 1. The molecule has 0 heterocycles. The number of nitrogens with two attached hydrogens (primary N) is 1. The Morgan fingerprint density at radius 2 is 1.75 bits per heavy atom. The first-order chi connectivity index (χ1) is 7.36. The Bertz CT molecular complexity index is 361. The summed E-state index contributed by atoms with van der Waals surface area (Å²) in [6.45, 7) is -0.177. The van der Waals surface area contributed by atoms with Gasteiger partial charge in [-0.1, -0.05) is 6.07 Å². The largest absolute Gasteiger partial charge is 0.395 e. The fraction of sp³-hybridized carbons (Fsp3) is 0.400. The van der Waals surface area contributed by atoms with E-state index in [4.69, 9.17) is 5.73 Å². The van der Waals surface area contributed by atoms with Crippen LogP contribution >= 0.6 is 0 Å². The van der Waals surface area contributed by atoms with Gasteiger partial charge in [-0.25, -0.2) is 8.78 Å². The second-order valence-electron chi connectivity index (χ2n) is 3.35. The van der Waals surface area contributed by atoms with Crippen LogP contribution in [0.4, 0.5) is 22.0 Å². The molecule has 0 radical (unpaired) electrons. The molecule has 0 aliphatic heterocycles. The van der Waals surface area contributed by atoms with Crippen LogP contribution in [0.1, 0.15) is 17.9 Å². The van der Waals surface area contributed by atoms with Crippen LogP contribution in [0.5, 0.6) is 0 Å². The van der Waals surface area contributed by atoms with Gasteiger partial charge in [0.05, 0.1) is 5.92 Å². The van der Waals surface area contributed by atoms with Gasteiger partial charge in [0.25, 0.3) is 0 Å². The Morgan fingerprint density at radius 3 is 2.19 bits per heavy atom. The molecule has 1 rings (SSSR count). The average Bonchev–Trinajstić information content (AvgIpc) is 2.17. The highest BCUT2D eigenvalue weighted by molar-refractivity contribution is 5.23. The van der Waals surface area contributed by atoms with Crippen molar-refractivity contribution in [2.24, 2.45) is 5.73 Å². The van der Waals surface area contributed by atoms with E-state index in [9.17, 15) is 22.0 Å². The highest BCUT2D eigenvalue weighted by atomic mass is 19.4. The lowest BCUT2D eigenvalue weighted by molar-refractivity contribution is -0.151. The van der Waals surface area contributed by atoms with Crippen LogP contribution in [0.3, 0.4) is 0 Å². The zero-order valence-electron chi connectivity index (χ0n) is 8.19. The molecule has 0 bridgehead atoms. The zero-order chi connectivity index (χ0) is 12.3. The first-order valence-electron chi connectivity index (χ1n) is 4.58. The maximum atomic E-state index is 12.8. The molecule has 1 nitrogen and oxygen atoms in total. The topological polar surface area (TPSA) is 26.0 Å². The number of alkyl halides is 3. The molecule has 1 unspecified atom stereocenters. The van der Waals surface area contributed by atoms with Crippen LogP contribution in [-0.2, 0) is 0 Å². The van der Waals surface area contributed by atoms with Crippen LogP contribution in [-0.4, -0.2) is 12.7 Å². The van der Waals surface area contributed by atoms with Crippen molar-refractivity contribution in [2.75, 3.05) is 6.54 Å². The molecular formula is C10H10F5N. The van der Waals surface area contributed by atoms with Crippen LogP contribution < -0.4 is 5.73 Å². The summed E-state index contributed by atoms with van der Waals surface area (Å²) in [5.41, 5.74) is 4.76. The number of hydrogen-bond donors (Lipinski definition) is 1. The van der Waals surface area contributed by atoms with Gasteiger partial charge in [0.1, 0.15) is 0 Å². The summed E-state index contributed by atoms with van der Waals surface area (Å²) in [7, 11) is 0. The molecule has 1 aromatic carbocycles. The Labute approximate surface area is 89.1 Å². The Balaban J connectivity index is 3.06. The molecule has 0 aromatic heterocycles. The third-order valence-corrected chi connectivity index (χ3v) is 2.20. The van der Waals surface area contributed by atoms with E-state index in [1.807, 2.05) is 0 Å². The van der Waals surface area contributed by atoms with E-state index in [0.717, 1.165) is 6.07 Å². The lowest BCUT2D eigenvalue weighted by Gasteiger charge is -2.20. The summed E-state index contributed by atoms with van der Waals surface area (Å²) in [5.74, 6) is -4.31. The van der Waals surface area contributed by atoms with Crippen molar-refractivity contribution in [2.45, 2.75) is 18.5 Å². The summed E-state index contributed by atoms with van der Waals surface area (Å²) >= 11 is 0. The molecule has 0 fully saturated rings.